The first kappa shape index (κ1) is 18.3. The normalized spacial score (nSPS) is 23.9. The first-order chi connectivity index (χ1) is 13.1. The molecule has 0 aromatic heterocycles. The summed E-state index contributed by atoms with van der Waals surface area (Å²) in [6.45, 7) is 1.38. The van der Waals surface area contributed by atoms with E-state index in [-0.39, 0.29) is 23.7 Å². The Balaban J connectivity index is 1.47. The van der Waals surface area contributed by atoms with Crippen molar-refractivity contribution in [2.24, 2.45) is 5.92 Å². The van der Waals surface area contributed by atoms with Gasteiger partial charge >= 0.3 is 6.03 Å². The average molecular weight is 373 g/mol. The highest BCUT2D eigenvalue weighted by molar-refractivity contribution is 5.97. The van der Waals surface area contributed by atoms with Crippen LogP contribution in [0.1, 0.15) is 57.8 Å². The van der Waals surface area contributed by atoms with Crippen LogP contribution in [0.15, 0.2) is 18.2 Å². The van der Waals surface area contributed by atoms with Crippen molar-refractivity contribution in [1.29, 1.82) is 0 Å². The summed E-state index contributed by atoms with van der Waals surface area (Å²) in [5, 5.41) is 2.77. The van der Waals surface area contributed by atoms with Crippen LogP contribution in [-0.4, -0.2) is 36.0 Å². The van der Waals surface area contributed by atoms with Crippen molar-refractivity contribution in [3.8, 4) is 0 Å². The molecule has 0 spiro atoms. The maximum Gasteiger partial charge on any atom is 0.322 e. The second-order valence-electron chi connectivity index (χ2n) is 8.04. The van der Waals surface area contributed by atoms with E-state index in [2.05, 4.69) is 5.32 Å². The summed E-state index contributed by atoms with van der Waals surface area (Å²) in [5.74, 6) is 0.161. The Labute approximate surface area is 159 Å². The quantitative estimate of drug-likeness (QED) is 0.846. The van der Waals surface area contributed by atoms with Gasteiger partial charge in [0.05, 0.1) is 5.69 Å². The molecule has 146 valence electrons. The van der Waals surface area contributed by atoms with E-state index in [1.165, 1.54) is 38.2 Å². The smallest absolute Gasteiger partial charge is 0.321 e. The van der Waals surface area contributed by atoms with E-state index in [1.54, 1.807) is 17.0 Å². The van der Waals surface area contributed by atoms with E-state index in [0.29, 0.717) is 24.6 Å². The summed E-state index contributed by atoms with van der Waals surface area (Å²) in [5.41, 5.74) is 0.811. The number of urea groups is 1. The highest BCUT2D eigenvalue weighted by atomic mass is 19.1. The number of amides is 3. The molecule has 1 atom stereocenters. The number of anilines is 2. The van der Waals surface area contributed by atoms with Crippen molar-refractivity contribution in [3.63, 3.8) is 0 Å². The summed E-state index contributed by atoms with van der Waals surface area (Å²) < 4.78 is 14.3. The third kappa shape index (κ3) is 3.80. The number of nitrogens with one attached hydrogen (secondary N) is 1. The molecular formula is C21H28FN3O2. The van der Waals surface area contributed by atoms with Crippen LogP contribution in [0.25, 0.3) is 0 Å². The number of carbonyl (C=O) groups is 2. The van der Waals surface area contributed by atoms with Gasteiger partial charge in [-0.05, 0) is 56.2 Å². The predicted molar refractivity (Wildman–Crippen MR) is 103 cm³/mol. The molecule has 2 heterocycles. The van der Waals surface area contributed by atoms with Crippen LogP contribution in [0.3, 0.4) is 0 Å². The van der Waals surface area contributed by atoms with Gasteiger partial charge < -0.3 is 15.1 Å². The van der Waals surface area contributed by atoms with Gasteiger partial charge in [0.1, 0.15) is 5.82 Å². The van der Waals surface area contributed by atoms with E-state index < -0.39 is 5.82 Å². The van der Waals surface area contributed by atoms with E-state index in [1.807, 2.05) is 4.90 Å². The molecule has 2 aliphatic heterocycles. The molecule has 3 aliphatic rings. The molecule has 4 rings (SSSR count). The van der Waals surface area contributed by atoms with Crippen molar-refractivity contribution in [2.75, 3.05) is 23.3 Å². The highest BCUT2D eigenvalue weighted by Crippen LogP contribution is 2.35. The summed E-state index contributed by atoms with van der Waals surface area (Å²) in [6, 6.07) is 4.58. The van der Waals surface area contributed by atoms with Crippen molar-refractivity contribution in [1.82, 2.24) is 4.90 Å². The minimum Gasteiger partial charge on any atom is -0.321 e. The Morgan fingerprint density at radius 3 is 2.59 bits per heavy atom. The first-order valence-corrected chi connectivity index (χ1v) is 10.3. The summed E-state index contributed by atoms with van der Waals surface area (Å²) in [6.07, 6.45) is 9.56. The molecular weight excluding hydrogens is 345 g/mol. The molecule has 1 aliphatic carbocycles. The SMILES string of the molecule is O=C1CCCN1c1ccc(F)c(NC(=O)N2CCCC2C2CCCCC2)c1. The zero-order chi connectivity index (χ0) is 18.8. The molecule has 1 unspecified atom stereocenters. The van der Waals surface area contributed by atoms with E-state index in [9.17, 15) is 14.0 Å². The lowest BCUT2D eigenvalue weighted by atomic mass is 9.83. The fourth-order valence-electron chi connectivity index (χ4n) is 4.94. The van der Waals surface area contributed by atoms with E-state index in [0.717, 1.165) is 25.8 Å². The first-order valence-electron chi connectivity index (χ1n) is 10.3. The van der Waals surface area contributed by atoms with Crippen molar-refractivity contribution >= 4 is 23.3 Å². The lowest BCUT2D eigenvalue weighted by Gasteiger charge is -2.34. The predicted octanol–water partition coefficient (Wildman–Crippen LogP) is 4.53. The minimum atomic E-state index is -0.466. The molecule has 1 aromatic rings. The summed E-state index contributed by atoms with van der Waals surface area (Å²) in [7, 11) is 0. The topological polar surface area (TPSA) is 52.7 Å². The van der Waals surface area contributed by atoms with Crippen LogP contribution in [0.2, 0.25) is 0 Å². The van der Waals surface area contributed by atoms with Crippen LogP contribution in [-0.2, 0) is 4.79 Å². The van der Waals surface area contributed by atoms with Gasteiger partial charge in [0.25, 0.3) is 0 Å². The van der Waals surface area contributed by atoms with Crippen LogP contribution in [0.5, 0.6) is 0 Å². The monoisotopic (exact) mass is 373 g/mol. The Morgan fingerprint density at radius 1 is 1.04 bits per heavy atom. The van der Waals surface area contributed by atoms with Crippen LogP contribution >= 0.6 is 0 Å². The molecule has 27 heavy (non-hydrogen) atoms. The number of benzene rings is 1. The number of halogens is 1. The summed E-state index contributed by atoms with van der Waals surface area (Å²) in [4.78, 5) is 28.4. The molecule has 5 nitrogen and oxygen atoms in total. The number of carbonyl (C=O) groups excluding carboxylic acids is 2. The molecule has 1 aromatic carbocycles. The maximum atomic E-state index is 14.3. The van der Waals surface area contributed by atoms with Gasteiger partial charge in [-0.1, -0.05) is 19.3 Å². The minimum absolute atomic E-state index is 0.0517. The number of hydrogen-bond donors (Lipinski definition) is 1. The molecule has 6 heteroatoms. The Bertz CT molecular complexity index is 717. The highest BCUT2D eigenvalue weighted by Gasteiger charge is 2.35. The van der Waals surface area contributed by atoms with E-state index in [4.69, 9.17) is 0 Å². The average Bonchev–Trinajstić information content (AvgIpc) is 3.33. The fourth-order valence-corrected chi connectivity index (χ4v) is 4.94. The zero-order valence-corrected chi connectivity index (χ0v) is 15.8. The Morgan fingerprint density at radius 2 is 1.85 bits per heavy atom. The van der Waals surface area contributed by atoms with Gasteiger partial charge in [0, 0.05) is 31.2 Å². The molecule has 3 fully saturated rings. The lowest BCUT2D eigenvalue weighted by molar-refractivity contribution is -0.117. The van der Waals surface area contributed by atoms with Gasteiger partial charge in [0.2, 0.25) is 5.91 Å². The standard InChI is InChI=1S/C21H28FN3O2/c22-17-11-10-16(24-12-5-9-20(24)26)14-18(17)23-21(27)25-13-4-8-19(25)15-6-2-1-3-7-15/h10-11,14-15,19H,1-9,12-13H2,(H,23,27). The zero-order valence-electron chi connectivity index (χ0n) is 15.8. The summed E-state index contributed by atoms with van der Waals surface area (Å²) >= 11 is 0. The van der Waals surface area contributed by atoms with Gasteiger partial charge in [-0.15, -0.1) is 0 Å². The number of hydrogen-bond acceptors (Lipinski definition) is 2. The lowest BCUT2D eigenvalue weighted by Crippen LogP contribution is -2.43. The Hall–Kier alpha value is -2.11. The number of nitrogens with zero attached hydrogens (tertiary/aromatic N) is 2. The molecule has 2 saturated heterocycles. The van der Waals surface area contributed by atoms with Crippen molar-refractivity contribution in [3.05, 3.63) is 24.0 Å². The maximum absolute atomic E-state index is 14.3. The van der Waals surface area contributed by atoms with Crippen LogP contribution < -0.4 is 10.2 Å². The molecule has 1 saturated carbocycles. The second-order valence-corrected chi connectivity index (χ2v) is 8.04. The van der Waals surface area contributed by atoms with Crippen molar-refractivity contribution in [2.45, 2.75) is 63.8 Å². The van der Waals surface area contributed by atoms with Gasteiger partial charge in [-0.2, -0.15) is 0 Å². The molecule has 0 bridgehead atoms. The molecule has 1 N–H and O–H groups in total. The number of rotatable bonds is 3. The van der Waals surface area contributed by atoms with Gasteiger partial charge in [-0.3, -0.25) is 4.79 Å². The fraction of sp³-hybridized carbons (Fsp3) is 0.619. The van der Waals surface area contributed by atoms with Gasteiger partial charge in [-0.25, -0.2) is 9.18 Å². The third-order valence-electron chi connectivity index (χ3n) is 6.33. The number of likely N-dealkylation sites (tertiary alicyclic amines) is 1. The van der Waals surface area contributed by atoms with Crippen LogP contribution in [0, 0.1) is 11.7 Å². The third-order valence-corrected chi connectivity index (χ3v) is 6.33. The Kier molecular flexibility index (Phi) is 5.32. The largest absolute Gasteiger partial charge is 0.322 e. The van der Waals surface area contributed by atoms with Crippen LogP contribution in [0.4, 0.5) is 20.6 Å². The van der Waals surface area contributed by atoms with Crippen molar-refractivity contribution < 1.29 is 14.0 Å². The molecule has 3 amide bonds. The molecule has 0 radical (unpaired) electrons. The van der Waals surface area contributed by atoms with E-state index >= 15 is 0 Å². The second kappa shape index (κ2) is 7.87. The van der Waals surface area contributed by atoms with Gasteiger partial charge in [0.15, 0.2) is 0 Å².